The summed E-state index contributed by atoms with van der Waals surface area (Å²) in [6, 6.07) is 7.77. The van der Waals surface area contributed by atoms with Crippen molar-refractivity contribution in [3.05, 3.63) is 29.8 Å². The number of carbonyl (C=O) groups is 1. The van der Waals surface area contributed by atoms with Crippen molar-refractivity contribution in [1.29, 1.82) is 0 Å². The Labute approximate surface area is 114 Å². The zero-order valence-corrected chi connectivity index (χ0v) is 11.4. The minimum atomic E-state index is -0.00217. The van der Waals surface area contributed by atoms with Gasteiger partial charge in [-0.1, -0.05) is 12.1 Å². The average molecular weight is 266 g/mol. The van der Waals surface area contributed by atoms with Crippen LogP contribution in [0.2, 0.25) is 0 Å². The van der Waals surface area contributed by atoms with E-state index in [1.807, 2.05) is 24.3 Å². The van der Waals surface area contributed by atoms with Crippen LogP contribution in [0.1, 0.15) is 18.4 Å². The van der Waals surface area contributed by atoms with E-state index in [9.17, 15) is 4.79 Å². The average Bonchev–Trinajstić information content (AvgIpc) is 2.43. The van der Waals surface area contributed by atoms with Gasteiger partial charge in [0.1, 0.15) is 5.75 Å². The highest BCUT2D eigenvalue weighted by Gasteiger charge is 1.98. The third-order valence-corrected chi connectivity index (χ3v) is 2.59. The molecule has 0 aliphatic rings. The molecular formula is C14H22N2O3. The molecule has 106 valence electrons. The molecule has 0 heterocycles. The third kappa shape index (κ3) is 6.79. The SMILES string of the molecule is COc1ccc(COCCCNC(=O)CCN)cc1. The van der Waals surface area contributed by atoms with E-state index < -0.39 is 0 Å². The molecule has 0 unspecified atom stereocenters. The van der Waals surface area contributed by atoms with E-state index in [4.69, 9.17) is 15.2 Å². The van der Waals surface area contributed by atoms with Crippen molar-refractivity contribution >= 4 is 5.91 Å². The summed E-state index contributed by atoms with van der Waals surface area (Å²) < 4.78 is 10.6. The van der Waals surface area contributed by atoms with Crippen LogP contribution in [-0.4, -0.2) is 32.7 Å². The normalized spacial score (nSPS) is 10.2. The van der Waals surface area contributed by atoms with Crippen molar-refractivity contribution in [1.82, 2.24) is 5.32 Å². The van der Waals surface area contributed by atoms with Crippen LogP contribution in [0.25, 0.3) is 0 Å². The maximum absolute atomic E-state index is 11.1. The summed E-state index contributed by atoms with van der Waals surface area (Å²) in [7, 11) is 1.64. The maximum atomic E-state index is 11.1. The first-order chi connectivity index (χ1) is 9.26. The number of benzene rings is 1. The Bertz CT molecular complexity index is 365. The molecule has 0 atom stereocenters. The van der Waals surface area contributed by atoms with Gasteiger partial charge < -0.3 is 20.5 Å². The van der Waals surface area contributed by atoms with Crippen molar-refractivity contribution in [2.24, 2.45) is 5.73 Å². The summed E-state index contributed by atoms with van der Waals surface area (Å²) >= 11 is 0. The maximum Gasteiger partial charge on any atom is 0.221 e. The second-order valence-electron chi connectivity index (χ2n) is 4.14. The van der Waals surface area contributed by atoms with Crippen molar-refractivity contribution in [2.75, 3.05) is 26.8 Å². The Morgan fingerprint density at radius 3 is 2.68 bits per heavy atom. The topological polar surface area (TPSA) is 73.6 Å². The zero-order valence-electron chi connectivity index (χ0n) is 11.4. The Hall–Kier alpha value is -1.59. The lowest BCUT2D eigenvalue weighted by atomic mass is 10.2. The largest absolute Gasteiger partial charge is 0.497 e. The standard InChI is InChI=1S/C14H22N2O3/c1-18-13-5-3-12(4-6-13)11-19-10-2-9-16-14(17)7-8-15/h3-6H,2,7-11,15H2,1H3,(H,16,17). The highest BCUT2D eigenvalue weighted by atomic mass is 16.5. The van der Waals surface area contributed by atoms with Crippen molar-refractivity contribution in [3.63, 3.8) is 0 Å². The minimum absolute atomic E-state index is 0.00217. The van der Waals surface area contributed by atoms with Crippen LogP contribution in [0.4, 0.5) is 0 Å². The van der Waals surface area contributed by atoms with Gasteiger partial charge in [0.25, 0.3) is 0 Å². The monoisotopic (exact) mass is 266 g/mol. The molecule has 1 aromatic rings. The van der Waals surface area contributed by atoms with Crippen LogP contribution < -0.4 is 15.8 Å². The molecular weight excluding hydrogens is 244 g/mol. The molecule has 0 aliphatic heterocycles. The Balaban J connectivity index is 2.05. The van der Waals surface area contributed by atoms with Gasteiger partial charge in [0.2, 0.25) is 5.91 Å². The smallest absolute Gasteiger partial charge is 0.221 e. The van der Waals surface area contributed by atoms with Gasteiger partial charge in [-0.25, -0.2) is 0 Å². The molecule has 5 heteroatoms. The summed E-state index contributed by atoms with van der Waals surface area (Å²) in [4.78, 5) is 11.1. The molecule has 19 heavy (non-hydrogen) atoms. The highest BCUT2D eigenvalue weighted by Crippen LogP contribution is 2.11. The van der Waals surface area contributed by atoms with Gasteiger partial charge in [0.05, 0.1) is 13.7 Å². The first-order valence-corrected chi connectivity index (χ1v) is 6.43. The van der Waals surface area contributed by atoms with E-state index >= 15 is 0 Å². The second kappa shape index (κ2) is 9.35. The molecule has 1 rings (SSSR count). The van der Waals surface area contributed by atoms with Crippen LogP contribution in [0.5, 0.6) is 5.75 Å². The summed E-state index contributed by atoms with van der Waals surface area (Å²) in [6.45, 7) is 2.21. The van der Waals surface area contributed by atoms with Crippen molar-refractivity contribution in [3.8, 4) is 5.75 Å². The Morgan fingerprint density at radius 2 is 2.05 bits per heavy atom. The van der Waals surface area contributed by atoms with Gasteiger partial charge in [-0.3, -0.25) is 4.79 Å². The van der Waals surface area contributed by atoms with Crippen LogP contribution >= 0.6 is 0 Å². The van der Waals surface area contributed by atoms with Crippen LogP contribution in [-0.2, 0) is 16.1 Å². The van der Waals surface area contributed by atoms with Crippen molar-refractivity contribution < 1.29 is 14.3 Å². The molecule has 0 saturated heterocycles. The summed E-state index contributed by atoms with van der Waals surface area (Å²) in [5.41, 5.74) is 6.38. The number of hydrogen-bond acceptors (Lipinski definition) is 4. The predicted molar refractivity (Wildman–Crippen MR) is 73.9 cm³/mol. The van der Waals surface area contributed by atoms with Gasteiger partial charge in [-0.15, -0.1) is 0 Å². The first-order valence-electron chi connectivity index (χ1n) is 6.43. The summed E-state index contributed by atoms with van der Waals surface area (Å²) in [5.74, 6) is 0.837. The van der Waals surface area contributed by atoms with Gasteiger partial charge in [-0.2, -0.15) is 0 Å². The van der Waals surface area contributed by atoms with E-state index in [0.29, 0.717) is 32.7 Å². The molecule has 0 saturated carbocycles. The van der Waals surface area contributed by atoms with E-state index in [1.165, 1.54) is 0 Å². The number of hydrogen-bond donors (Lipinski definition) is 2. The number of rotatable bonds is 9. The fourth-order valence-corrected chi connectivity index (χ4v) is 1.53. The lowest BCUT2D eigenvalue weighted by molar-refractivity contribution is -0.120. The summed E-state index contributed by atoms with van der Waals surface area (Å²) in [5, 5.41) is 2.78. The molecule has 5 nitrogen and oxygen atoms in total. The lowest BCUT2D eigenvalue weighted by Gasteiger charge is -2.06. The number of ether oxygens (including phenoxy) is 2. The molecule has 0 bridgehead atoms. The molecule has 1 aromatic carbocycles. The Kier molecular flexibility index (Phi) is 7.62. The highest BCUT2D eigenvalue weighted by molar-refractivity contribution is 5.75. The Morgan fingerprint density at radius 1 is 1.32 bits per heavy atom. The summed E-state index contributed by atoms with van der Waals surface area (Å²) in [6.07, 6.45) is 1.18. The van der Waals surface area contributed by atoms with Crippen LogP contribution in [0, 0.1) is 0 Å². The van der Waals surface area contributed by atoms with E-state index in [-0.39, 0.29) is 5.91 Å². The van der Waals surface area contributed by atoms with Gasteiger partial charge in [0, 0.05) is 26.1 Å². The second-order valence-corrected chi connectivity index (χ2v) is 4.14. The quantitative estimate of drug-likeness (QED) is 0.656. The number of nitrogens with one attached hydrogen (secondary N) is 1. The molecule has 0 spiro atoms. The van der Waals surface area contributed by atoms with Gasteiger partial charge in [0.15, 0.2) is 0 Å². The van der Waals surface area contributed by atoms with Crippen LogP contribution in [0.3, 0.4) is 0 Å². The van der Waals surface area contributed by atoms with E-state index in [0.717, 1.165) is 17.7 Å². The molecule has 0 fully saturated rings. The molecule has 1 amide bonds. The minimum Gasteiger partial charge on any atom is -0.497 e. The van der Waals surface area contributed by atoms with Gasteiger partial charge >= 0.3 is 0 Å². The van der Waals surface area contributed by atoms with E-state index in [1.54, 1.807) is 7.11 Å². The van der Waals surface area contributed by atoms with E-state index in [2.05, 4.69) is 5.32 Å². The molecule has 0 aromatic heterocycles. The molecule has 3 N–H and O–H groups in total. The molecule has 0 radical (unpaired) electrons. The number of methoxy groups -OCH3 is 1. The first kappa shape index (κ1) is 15.5. The fourth-order valence-electron chi connectivity index (χ4n) is 1.53. The zero-order chi connectivity index (χ0) is 13.9. The van der Waals surface area contributed by atoms with Crippen LogP contribution in [0.15, 0.2) is 24.3 Å². The third-order valence-electron chi connectivity index (χ3n) is 2.59. The number of amides is 1. The number of carbonyl (C=O) groups excluding carboxylic acids is 1. The predicted octanol–water partition coefficient (Wildman–Crippen LogP) is 1.07. The fraction of sp³-hybridized carbons (Fsp3) is 0.500. The van der Waals surface area contributed by atoms with Gasteiger partial charge in [-0.05, 0) is 24.1 Å². The number of nitrogens with two attached hydrogens (primary N) is 1. The molecule has 0 aliphatic carbocycles. The van der Waals surface area contributed by atoms with Crippen molar-refractivity contribution in [2.45, 2.75) is 19.4 Å². The lowest BCUT2D eigenvalue weighted by Crippen LogP contribution is -2.27.